The first kappa shape index (κ1) is 14.7. The van der Waals surface area contributed by atoms with E-state index in [1.165, 1.54) is 23.4 Å². The molecule has 0 saturated carbocycles. The third kappa shape index (κ3) is 2.75. The summed E-state index contributed by atoms with van der Waals surface area (Å²) >= 11 is 0. The number of hydrogen-bond donors (Lipinski definition) is 1. The number of carbonyl (C=O) groups excluding carboxylic acids is 1. The highest BCUT2D eigenvalue weighted by Crippen LogP contribution is 2.28. The fourth-order valence-corrected chi connectivity index (χ4v) is 3.93. The van der Waals surface area contributed by atoms with Gasteiger partial charge in [0, 0.05) is 25.7 Å². The van der Waals surface area contributed by atoms with Crippen molar-refractivity contribution in [3.05, 3.63) is 59.7 Å². The molecule has 5 nitrogen and oxygen atoms in total. The highest BCUT2D eigenvalue weighted by Gasteiger charge is 2.30. The highest BCUT2D eigenvalue weighted by molar-refractivity contribution is 7.89. The first-order chi connectivity index (χ1) is 10.5. The lowest BCUT2D eigenvalue weighted by atomic mass is 10.1. The SMILES string of the molecule is CC(=O)Nc1ccc(S(=O)(=O)N2Cc3ccccc3C2)cc1. The Morgan fingerprint density at radius 2 is 1.55 bits per heavy atom. The van der Waals surface area contributed by atoms with E-state index in [2.05, 4.69) is 5.32 Å². The lowest BCUT2D eigenvalue weighted by Crippen LogP contribution is -2.25. The zero-order valence-corrected chi connectivity index (χ0v) is 12.9. The normalized spacial score (nSPS) is 14.6. The van der Waals surface area contributed by atoms with E-state index in [4.69, 9.17) is 0 Å². The molecule has 0 spiro atoms. The van der Waals surface area contributed by atoms with Gasteiger partial charge in [0.1, 0.15) is 0 Å². The van der Waals surface area contributed by atoms with Crippen molar-refractivity contribution in [2.24, 2.45) is 0 Å². The van der Waals surface area contributed by atoms with Gasteiger partial charge in [0.2, 0.25) is 15.9 Å². The van der Waals surface area contributed by atoms with Gasteiger partial charge in [-0.1, -0.05) is 24.3 Å². The molecule has 0 aliphatic carbocycles. The van der Waals surface area contributed by atoms with E-state index < -0.39 is 10.0 Å². The molecule has 2 aromatic carbocycles. The summed E-state index contributed by atoms with van der Waals surface area (Å²) in [4.78, 5) is 11.2. The number of nitrogens with zero attached hydrogens (tertiary/aromatic N) is 1. The number of nitrogens with one attached hydrogen (secondary N) is 1. The molecular weight excluding hydrogens is 300 g/mol. The van der Waals surface area contributed by atoms with Crippen molar-refractivity contribution < 1.29 is 13.2 Å². The first-order valence-electron chi connectivity index (χ1n) is 6.91. The minimum Gasteiger partial charge on any atom is -0.326 e. The number of rotatable bonds is 3. The van der Waals surface area contributed by atoms with Gasteiger partial charge in [-0.3, -0.25) is 4.79 Å². The summed E-state index contributed by atoms with van der Waals surface area (Å²) in [6, 6.07) is 14.0. The molecule has 0 atom stereocenters. The predicted molar refractivity (Wildman–Crippen MR) is 83.6 cm³/mol. The zero-order valence-electron chi connectivity index (χ0n) is 12.1. The Bertz CT molecular complexity index is 789. The molecule has 22 heavy (non-hydrogen) atoms. The molecule has 0 fully saturated rings. The molecule has 0 saturated heterocycles. The van der Waals surface area contributed by atoms with Crippen LogP contribution in [0.4, 0.5) is 5.69 Å². The number of benzene rings is 2. The van der Waals surface area contributed by atoms with E-state index in [9.17, 15) is 13.2 Å². The molecular formula is C16H16N2O3S. The summed E-state index contributed by atoms with van der Waals surface area (Å²) < 4.78 is 26.8. The number of hydrogen-bond acceptors (Lipinski definition) is 3. The van der Waals surface area contributed by atoms with Gasteiger partial charge < -0.3 is 5.32 Å². The Balaban J connectivity index is 1.84. The molecule has 1 aliphatic rings. The second-order valence-electron chi connectivity index (χ2n) is 5.25. The van der Waals surface area contributed by atoms with Crippen LogP contribution in [0.5, 0.6) is 0 Å². The van der Waals surface area contributed by atoms with E-state index in [0.29, 0.717) is 18.8 Å². The van der Waals surface area contributed by atoms with Crippen LogP contribution >= 0.6 is 0 Å². The standard InChI is InChI=1S/C16H16N2O3S/c1-12(19)17-15-6-8-16(9-7-15)22(20,21)18-10-13-4-2-3-5-14(13)11-18/h2-9H,10-11H2,1H3,(H,17,19). The van der Waals surface area contributed by atoms with Gasteiger partial charge in [-0.05, 0) is 35.4 Å². The van der Waals surface area contributed by atoms with Crippen LogP contribution in [0.3, 0.4) is 0 Å². The second-order valence-corrected chi connectivity index (χ2v) is 7.19. The molecule has 1 N–H and O–H groups in total. The predicted octanol–water partition coefficient (Wildman–Crippen LogP) is 2.35. The largest absolute Gasteiger partial charge is 0.326 e. The number of anilines is 1. The lowest BCUT2D eigenvalue weighted by Gasteiger charge is -2.16. The maximum absolute atomic E-state index is 12.7. The zero-order chi connectivity index (χ0) is 15.7. The average molecular weight is 316 g/mol. The van der Waals surface area contributed by atoms with E-state index in [1.54, 1.807) is 12.1 Å². The molecule has 0 aromatic heterocycles. The Morgan fingerprint density at radius 1 is 1.00 bits per heavy atom. The molecule has 114 valence electrons. The Morgan fingerprint density at radius 3 is 2.05 bits per heavy atom. The first-order valence-corrected chi connectivity index (χ1v) is 8.35. The Hall–Kier alpha value is -2.18. The molecule has 1 amide bonds. The van der Waals surface area contributed by atoms with E-state index in [1.807, 2.05) is 24.3 Å². The fraction of sp³-hybridized carbons (Fsp3) is 0.188. The minimum absolute atomic E-state index is 0.189. The molecule has 3 rings (SSSR count). The number of fused-ring (bicyclic) bond motifs is 1. The van der Waals surface area contributed by atoms with Gasteiger partial charge in [0.15, 0.2) is 0 Å². The van der Waals surface area contributed by atoms with Crippen molar-refractivity contribution in [1.29, 1.82) is 0 Å². The maximum atomic E-state index is 12.7. The van der Waals surface area contributed by atoms with Crippen LogP contribution in [0.15, 0.2) is 53.4 Å². The van der Waals surface area contributed by atoms with Crippen molar-refractivity contribution in [3.63, 3.8) is 0 Å². The van der Waals surface area contributed by atoms with E-state index in [-0.39, 0.29) is 10.8 Å². The maximum Gasteiger partial charge on any atom is 0.243 e. The van der Waals surface area contributed by atoms with Gasteiger partial charge in [-0.2, -0.15) is 4.31 Å². The van der Waals surface area contributed by atoms with Crippen molar-refractivity contribution in [2.75, 3.05) is 5.32 Å². The lowest BCUT2D eigenvalue weighted by molar-refractivity contribution is -0.114. The average Bonchev–Trinajstić information content (AvgIpc) is 2.92. The summed E-state index contributed by atoms with van der Waals surface area (Å²) in [6.07, 6.45) is 0. The Labute approximate surface area is 129 Å². The van der Waals surface area contributed by atoms with E-state index in [0.717, 1.165) is 11.1 Å². The van der Waals surface area contributed by atoms with E-state index >= 15 is 0 Å². The minimum atomic E-state index is -3.53. The number of carbonyl (C=O) groups is 1. The van der Waals surface area contributed by atoms with Gasteiger partial charge in [-0.15, -0.1) is 0 Å². The smallest absolute Gasteiger partial charge is 0.243 e. The van der Waals surface area contributed by atoms with Gasteiger partial charge in [-0.25, -0.2) is 8.42 Å². The number of sulfonamides is 1. The summed E-state index contributed by atoms with van der Waals surface area (Å²) in [5, 5.41) is 2.62. The van der Waals surface area contributed by atoms with Crippen molar-refractivity contribution >= 4 is 21.6 Å². The molecule has 6 heteroatoms. The van der Waals surface area contributed by atoms with Crippen molar-refractivity contribution in [2.45, 2.75) is 24.9 Å². The second kappa shape index (κ2) is 5.55. The summed E-state index contributed by atoms with van der Waals surface area (Å²) in [7, 11) is -3.53. The quantitative estimate of drug-likeness (QED) is 0.945. The monoisotopic (exact) mass is 316 g/mol. The highest BCUT2D eigenvalue weighted by atomic mass is 32.2. The molecule has 0 bridgehead atoms. The van der Waals surface area contributed by atoms with Crippen molar-refractivity contribution in [1.82, 2.24) is 4.31 Å². The fourth-order valence-electron chi connectivity index (χ4n) is 2.53. The van der Waals surface area contributed by atoms with Crippen LogP contribution in [-0.4, -0.2) is 18.6 Å². The third-order valence-electron chi connectivity index (χ3n) is 3.62. The topological polar surface area (TPSA) is 66.5 Å². The van der Waals surface area contributed by atoms with Crippen LogP contribution in [0, 0.1) is 0 Å². The van der Waals surface area contributed by atoms with Gasteiger partial charge >= 0.3 is 0 Å². The summed E-state index contributed by atoms with van der Waals surface area (Å²) in [5.41, 5.74) is 2.66. The number of amides is 1. The molecule has 2 aromatic rings. The summed E-state index contributed by atoms with van der Waals surface area (Å²) in [6.45, 7) is 2.20. The molecule has 0 radical (unpaired) electrons. The molecule has 0 unspecified atom stereocenters. The van der Waals surface area contributed by atoms with Crippen LogP contribution in [0.1, 0.15) is 18.1 Å². The Kier molecular flexibility index (Phi) is 3.72. The molecule has 1 aliphatic heterocycles. The van der Waals surface area contributed by atoms with Crippen LogP contribution in [0.2, 0.25) is 0 Å². The van der Waals surface area contributed by atoms with Crippen LogP contribution < -0.4 is 5.32 Å². The van der Waals surface area contributed by atoms with Crippen LogP contribution in [0.25, 0.3) is 0 Å². The third-order valence-corrected chi connectivity index (χ3v) is 5.43. The summed E-state index contributed by atoms with van der Waals surface area (Å²) in [5.74, 6) is -0.189. The van der Waals surface area contributed by atoms with Crippen molar-refractivity contribution in [3.8, 4) is 0 Å². The van der Waals surface area contributed by atoms with Gasteiger partial charge in [0.25, 0.3) is 0 Å². The van der Waals surface area contributed by atoms with Crippen LogP contribution in [-0.2, 0) is 27.9 Å². The molecule has 1 heterocycles. The van der Waals surface area contributed by atoms with Gasteiger partial charge in [0.05, 0.1) is 4.90 Å².